The molecule has 0 aliphatic rings. The van der Waals surface area contributed by atoms with Gasteiger partial charge in [0.1, 0.15) is 5.82 Å². The molecule has 1 aromatic carbocycles. The molecule has 0 atom stereocenters. The molecule has 1 aromatic heterocycles. The number of nitrogens with one attached hydrogen (secondary N) is 1. The van der Waals surface area contributed by atoms with Gasteiger partial charge in [-0.15, -0.1) is 0 Å². The Morgan fingerprint density at radius 3 is 2.53 bits per heavy atom. The normalized spacial score (nSPS) is 10.6. The molecule has 1 heterocycles. The van der Waals surface area contributed by atoms with Crippen molar-refractivity contribution in [2.45, 2.75) is 6.54 Å². The Balaban J connectivity index is 2.14. The zero-order valence-corrected chi connectivity index (χ0v) is 9.04. The molecule has 2 rings (SSSR count). The van der Waals surface area contributed by atoms with E-state index in [0.29, 0.717) is 6.07 Å². The molecule has 17 heavy (non-hydrogen) atoms. The van der Waals surface area contributed by atoms with E-state index in [1.54, 1.807) is 24.1 Å². The summed E-state index contributed by atoms with van der Waals surface area (Å²) in [5.74, 6) is -3.11. The minimum absolute atomic E-state index is 0.0786. The first kappa shape index (κ1) is 11.5. The Bertz CT molecular complexity index is 537. The van der Waals surface area contributed by atoms with Gasteiger partial charge in [-0.1, -0.05) is 0 Å². The minimum Gasteiger partial charge on any atom is -0.377 e. The van der Waals surface area contributed by atoms with Gasteiger partial charge in [0.25, 0.3) is 0 Å². The summed E-state index contributed by atoms with van der Waals surface area (Å²) in [6.45, 7) is 0.276. The average molecular weight is 241 g/mol. The van der Waals surface area contributed by atoms with Crippen LogP contribution in [-0.4, -0.2) is 9.55 Å². The van der Waals surface area contributed by atoms with Crippen molar-refractivity contribution < 1.29 is 13.2 Å². The molecule has 0 unspecified atom stereocenters. The molecular formula is C11H10F3N3. The Labute approximate surface area is 95.9 Å². The van der Waals surface area contributed by atoms with Crippen molar-refractivity contribution in [3.8, 4) is 0 Å². The SMILES string of the molecule is Cn1cncc1CNc1cc(F)c(F)cc1F. The molecule has 0 spiro atoms. The summed E-state index contributed by atoms with van der Waals surface area (Å²) in [7, 11) is 1.78. The van der Waals surface area contributed by atoms with Gasteiger partial charge in [0.2, 0.25) is 0 Å². The number of aromatic nitrogens is 2. The molecule has 0 aliphatic heterocycles. The number of benzene rings is 1. The van der Waals surface area contributed by atoms with Gasteiger partial charge in [-0.25, -0.2) is 18.2 Å². The number of hydrogen-bond acceptors (Lipinski definition) is 2. The van der Waals surface area contributed by atoms with Gasteiger partial charge in [0.15, 0.2) is 11.6 Å². The van der Waals surface area contributed by atoms with Crippen LogP contribution in [-0.2, 0) is 13.6 Å². The summed E-state index contributed by atoms with van der Waals surface area (Å²) in [6.07, 6.45) is 3.20. The summed E-state index contributed by atoms with van der Waals surface area (Å²) < 4.78 is 40.6. The van der Waals surface area contributed by atoms with E-state index < -0.39 is 17.5 Å². The van der Waals surface area contributed by atoms with Gasteiger partial charge in [-0.2, -0.15) is 0 Å². The van der Waals surface area contributed by atoms with Crippen molar-refractivity contribution in [3.05, 3.63) is 47.8 Å². The summed E-state index contributed by atoms with van der Waals surface area (Å²) in [5, 5.41) is 2.68. The van der Waals surface area contributed by atoms with Crippen LogP contribution >= 0.6 is 0 Å². The lowest BCUT2D eigenvalue weighted by Gasteiger charge is -2.08. The minimum atomic E-state index is -1.20. The highest BCUT2D eigenvalue weighted by Gasteiger charge is 2.09. The maximum absolute atomic E-state index is 13.3. The van der Waals surface area contributed by atoms with Gasteiger partial charge in [0.05, 0.1) is 24.3 Å². The van der Waals surface area contributed by atoms with E-state index in [-0.39, 0.29) is 12.2 Å². The van der Waals surface area contributed by atoms with Crippen LogP contribution in [0.2, 0.25) is 0 Å². The molecule has 2 aromatic rings. The molecule has 0 saturated heterocycles. The standard InChI is InChI=1S/C11H10F3N3/c1-17-6-15-4-7(17)5-16-11-3-9(13)8(12)2-10(11)14/h2-4,6,16H,5H2,1H3. The lowest BCUT2D eigenvalue weighted by atomic mass is 10.2. The van der Waals surface area contributed by atoms with Crippen molar-refractivity contribution in [3.63, 3.8) is 0 Å². The van der Waals surface area contributed by atoms with Crippen LogP contribution < -0.4 is 5.32 Å². The first-order valence-corrected chi connectivity index (χ1v) is 4.91. The number of hydrogen-bond donors (Lipinski definition) is 1. The molecule has 0 bridgehead atoms. The zero-order valence-electron chi connectivity index (χ0n) is 9.04. The van der Waals surface area contributed by atoms with Gasteiger partial charge in [-0.05, 0) is 0 Å². The van der Waals surface area contributed by atoms with Crippen LogP contribution in [0.5, 0.6) is 0 Å². The number of anilines is 1. The predicted octanol–water partition coefficient (Wildman–Crippen LogP) is 2.45. The van der Waals surface area contributed by atoms with E-state index in [1.807, 2.05) is 0 Å². The lowest BCUT2D eigenvalue weighted by molar-refractivity contribution is 0.496. The lowest BCUT2D eigenvalue weighted by Crippen LogP contribution is -2.06. The first-order valence-electron chi connectivity index (χ1n) is 4.91. The highest BCUT2D eigenvalue weighted by molar-refractivity contribution is 5.45. The third-order valence-corrected chi connectivity index (χ3v) is 2.39. The third kappa shape index (κ3) is 2.41. The Kier molecular flexibility index (Phi) is 3.03. The fourth-order valence-corrected chi connectivity index (χ4v) is 1.40. The molecule has 0 amide bonds. The summed E-state index contributed by atoms with van der Waals surface area (Å²) >= 11 is 0. The third-order valence-electron chi connectivity index (χ3n) is 2.39. The van der Waals surface area contributed by atoms with E-state index in [4.69, 9.17) is 0 Å². The monoisotopic (exact) mass is 241 g/mol. The van der Waals surface area contributed by atoms with Gasteiger partial charge in [0, 0.05) is 25.4 Å². The van der Waals surface area contributed by atoms with Crippen molar-refractivity contribution in [1.82, 2.24) is 9.55 Å². The van der Waals surface area contributed by atoms with E-state index in [9.17, 15) is 13.2 Å². The fraction of sp³-hybridized carbons (Fsp3) is 0.182. The quantitative estimate of drug-likeness (QED) is 0.836. The second kappa shape index (κ2) is 4.48. The van der Waals surface area contributed by atoms with E-state index in [2.05, 4.69) is 10.3 Å². The first-order chi connectivity index (χ1) is 8.08. The van der Waals surface area contributed by atoms with Crippen LogP contribution in [0.3, 0.4) is 0 Å². The number of halogens is 3. The van der Waals surface area contributed by atoms with Crippen LogP contribution in [0.1, 0.15) is 5.69 Å². The predicted molar refractivity (Wildman–Crippen MR) is 56.9 cm³/mol. The van der Waals surface area contributed by atoms with Crippen LogP contribution in [0.25, 0.3) is 0 Å². The molecule has 6 heteroatoms. The van der Waals surface area contributed by atoms with Crippen molar-refractivity contribution in [1.29, 1.82) is 0 Å². The Hall–Kier alpha value is -1.98. The van der Waals surface area contributed by atoms with Crippen molar-refractivity contribution in [2.24, 2.45) is 7.05 Å². The number of rotatable bonds is 3. The molecule has 0 radical (unpaired) electrons. The second-order valence-electron chi connectivity index (χ2n) is 3.60. The summed E-state index contributed by atoms with van der Waals surface area (Å²) in [5.41, 5.74) is 0.722. The van der Waals surface area contributed by atoms with Gasteiger partial charge >= 0.3 is 0 Å². The maximum atomic E-state index is 13.3. The molecular weight excluding hydrogens is 231 g/mol. The van der Waals surface area contributed by atoms with E-state index in [1.165, 1.54) is 0 Å². The van der Waals surface area contributed by atoms with Crippen molar-refractivity contribution in [2.75, 3.05) is 5.32 Å². The molecule has 90 valence electrons. The Morgan fingerprint density at radius 1 is 1.18 bits per heavy atom. The highest BCUT2D eigenvalue weighted by atomic mass is 19.2. The highest BCUT2D eigenvalue weighted by Crippen LogP contribution is 2.18. The number of nitrogens with zero attached hydrogens (tertiary/aromatic N) is 2. The zero-order chi connectivity index (χ0) is 12.4. The van der Waals surface area contributed by atoms with Crippen LogP contribution in [0.4, 0.5) is 18.9 Å². The largest absolute Gasteiger partial charge is 0.377 e. The van der Waals surface area contributed by atoms with E-state index >= 15 is 0 Å². The van der Waals surface area contributed by atoms with Gasteiger partial charge in [-0.3, -0.25) is 0 Å². The molecule has 0 aliphatic carbocycles. The molecule has 0 saturated carbocycles. The van der Waals surface area contributed by atoms with Gasteiger partial charge < -0.3 is 9.88 Å². The van der Waals surface area contributed by atoms with Crippen LogP contribution in [0.15, 0.2) is 24.7 Å². The molecule has 0 fully saturated rings. The summed E-state index contributed by atoms with van der Waals surface area (Å²) in [4.78, 5) is 3.88. The average Bonchev–Trinajstić information content (AvgIpc) is 2.68. The van der Waals surface area contributed by atoms with Crippen LogP contribution in [0, 0.1) is 17.5 Å². The Morgan fingerprint density at radius 2 is 1.88 bits per heavy atom. The fourth-order valence-electron chi connectivity index (χ4n) is 1.40. The van der Waals surface area contributed by atoms with Crippen molar-refractivity contribution >= 4 is 5.69 Å². The smallest absolute Gasteiger partial charge is 0.161 e. The topological polar surface area (TPSA) is 29.9 Å². The summed E-state index contributed by atoms with van der Waals surface area (Å²) in [6, 6.07) is 1.31. The van der Waals surface area contributed by atoms with E-state index in [0.717, 1.165) is 11.8 Å². The second-order valence-corrected chi connectivity index (χ2v) is 3.60. The molecule has 1 N–H and O–H groups in total. The number of aryl methyl sites for hydroxylation is 1. The number of imidazole rings is 1. The molecule has 3 nitrogen and oxygen atoms in total. The maximum Gasteiger partial charge on any atom is 0.161 e.